The van der Waals surface area contributed by atoms with Gasteiger partial charge >= 0.3 is 0 Å². The average Bonchev–Trinajstić information content (AvgIpc) is 2.77. The van der Waals surface area contributed by atoms with Gasteiger partial charge in [0.15, 0.2) is 0 Å². The second-order valence-corrected chi connectivity index (χ2v) is 7.80. The number of carbonyl (C=O) groups excluding carboxylic acids is 1. The average molecular weight is 321 g/mol. The molecule has 1 aromatic rings. The molecule has 120 valence electrons. The molecule has 4 heteroatoms. The van der Waals surface area contributed by atoms with Crippen LogP contribution < -0.4 is 10.6 Å². The zero-order valence-corrected chi connectivity index (χ0v) is 14.1. The molecule has 0 saturated carbocycles. The van der Waals surface area contributed by atoms with Gasteiger partial charge in [0.25, 0.3) is 0 Å². The monoisotopic (exact) mass is 320 g/mol. The third-order valence-electron chi connectivity index (χ3n) is 5.04. The van der Waals surface area contributed by atoms with E-state index in [0.717, 1.165) is 18.4 Å². The molecule has 3 nitrogen and oxygen atoms in total. The van der Waals surface area contributed by atoms with E-state index in [1.165, 1.54) is 12.8 Å². The molecule has 0 aromatic heterocycles. The number of carbonyl (C=O) groups is 1. The predicted octanol–water partition coefficient (Wildman–Crippen LogP) is 3.61. The molecule has 2 aliphatic heterocycles. The minimum absolute atomic E-state index is 0.149. The van der Waals surface area contributed by atoms with Crippen LogP contribution in [0, 0.1) is 5.92 Å². The predicted molar refractivity (Wildman–Crippen MR) is 89.9 cm³/mol. The first-order valence-electron chi connectivity index (χ1n) is 8.25. The van der Waals surface area contributed by atoms with Crippen molar-refractivity contribution in [3.63, 3.8) is 0 Å². The smallest absolute Gasteiger partial charge is 0.220 e. The Morgan fingerprint density at radius 1 is 1.32 bits per heavy atom. The summed E-state index contributed by atoms with van der Waals surface area (Å²) in [7, 11) is 0. The Hall–Kier alpha value is -1.06. The maximum atomic E-state index is 12.5. The van der Waals surface area contributed by atoms with Gasteiger partial charge < -0.3 is 10.6 Å². The summed E-state index contributed by atoms with van der Waals surface area (Å²) < 4.78 is 0. The van der Waals surface area contributed by atoms with Crippen LogP contribution >= 0.6 is 11.6 Å². The van der Waals surface area contributed by atoms with Gasteiger partial charge in [0, 0.05) is 23.5 Å². The molecule has 2 bridgehead atoms. The lowest BCUT2D eigenvalue weighted by Crippen LogP contribution is -2.44. The molecule has 2 fully saturated rings. The minimum atomic E-state index is -0.395. The Kier molecular flexibility index (Phi) is 4.47. The highest BCUT2D eigenvalue weighted by molar-refractivity contribution is 6.30. The van der Waals surface area contributed by atoms with Crippen molar-refractivity contribution in [3.8, 4) is 0 Å². The molecule has 0 aliphatic carbocycles. The lowest BCUT2D eigenvalue weighted by atomic mass is 9.88. The fourth-order valence-corrected chi connectivity index (χ4v) is 4.14. The van der Waals surface area contributed by atoms with Gasteiger partial charge in [-0.1, -0.05) is 23.7 Å². The summed E-state index contributed by atoms with van der Waals surface area (Å²) in [5.41, 5.74) is 0.646. The van der Waals surface area contributed by atoms with Gasteiger partial charge in [-0.25, -0.2) is 0 Å². The third-order valence-corrected chi connectivity index (χ3v) is 5.28. The first kappa shape index (κ1) is 15.8. The molecule has 2 unspecified atom stereocenters. The Morgan fingerprint density at radius 2 is 2.00 bits per heavy atom. The molecule has 2 atom stereocenters. The van der Waals surface area contributed by atoms with Gasteiger partial charge in [-0.3, -0.25) is 4.79 Å². The maximum absolute atomic E-state index is 12.5. The molecule has 1 amide bonds. The Morgan fingerprint density at radius 3 is 2.64 bits per heavy atom. The maximum Gasteiger partial charge on any atom is 0.220 e. The van der Waals surface area contributed by atoms with Gasteiger partial charge in [0.05, 0.1) is 5.54 Å². The number of halogens is 1. The van der Waals surface area contributed by atoms with E-state index in [-0.39, 0.29) is 5.91 Å². The fourth-order valence-electron chi connectivity index (χ4n) is 3.95. The van der Waals surface area contributed by atoms with E-state index in [0.29, 0.717) is 29.4 Å². The van der Waals surface area contributed by atoms with E-state index in [1.54, 1.807) is 0 Å². The van der Waals surface area contributed by atoms with E-state index >= 15 is 0 Å². The highest BCUT2D eigenvalue weighted by Crippen LogP contribution is 2.33. The SMILES string of the molecule is CC(C)(NC(=O)CC1CC2CCC(C1)N2)c1cccc(Cl)c1. The summed E-state index contributed by atoms with van der Waals surface area (Å²) in [5, 5.41) is 7.51. The zero-order valence-electron chi connectivity index (χ0n) is 13.4. The number of rotatable bonds is 4. The molecule has 2 aliphatic rings. The van der Waals surface area contributed by atoms with Gasteiger partial charge in [0.2, 0.25) is 5.91 Å². The van der Waals surface area contributed by atoms with Crippen molar-refractivity contribution in [2.75, 3.05) is 0 Å². The molecule has 2 N–H and O–H groups in total. The van der Waals surface area contributed by atoms with Gasteiger partial charge in [-0.05, 0) is 63.1 Å². The van der Waals surface area contributed by atoms with E-state index in [9.17, 15) is 4.79 Å². The summed E-state index contributed by atoms with van der Waals surface area (Å²) in [5.74, 6) is 0.671. The number of nitrogens with one attached hydrogen (secondary N) is 2. The Labute approximate surface area is 137 Å². The van der Waals surface area contributed by atoms with Crippen LogP contribution in [0.15, 0.2) is 24.3 Å². The third kappa shape index (κ3) is 3.64. The van der Waals surface area contributed by atoms with Gasteiger partial charge in [-0.2, -0.15) is 0 Å². The van der Waals surface area contributed by atoms with Crippen LogP contribution in [0.2, 0.25) is 5.02 Å². The molecule has 2 saturated heterocycles. The van der Waals surface area contributed by atoms with Crippen molar-refractivity contribution in [1.29, 1.82) is 0 Å². The van der Waals surface area contributed by atoms with Crippen molar-refractivity contribution < 1.29 is 4.79 Å². The van der Waals surface area contributed by atoms with Crippen LogP contribution in [-0.4, -0.2) is 18.0 Å². The topological polar surface area (TPSA) is 41.1 Å². The lowest BCUT2D eigenvalue weighted by molar-refractivity contribution is -0.124. The second kappa shape index (κ2) is 6.21. The molecule has 2 heterocycles. The number of fused-ring (bicyclic) bond motifs is 2. The van der Waals surface area contributed by atoms with Crippen molar-refractivity contribution >= 4 is 17.5 Å². The van der Waals surface area contributed by atoms with E-state index < -0.39 is 5.54 Å². The second-order valence-electron chi connectivity index (χ2n) is 7.36. The van der Waals surface area contributed by atoms with E-state index in [1.807, 2.05) is 38.1 Å². The van der Waals surface area contributed by atoms with Crippen LogP contribution in [0.3, 0.4) is 0 Å². The summed E-state index contributed by atoms with van der Waals surface area (Å²) in [4.78, 5) is 12.5. The molecular formula is C18H25ClN2O. The van der Waals surface area contributed by atoms with Crippen LogP contribution in [0.4, 0.5) is 0 Å². The summed E-state index contributed by atoms with van der Waals surface area (Å²) in [6.45, 7) is 4.06. The molecule has 22 heavy (non-hydrogen) atoms. The zero-order chi connectivity index (χ0) is 15.7. The summed E-state index contributed by atoms with van der Waals surface area (Å²) in [6.07, 6.45) is 5.47. The summed E-state index contributed by atoms with van der Waals surface area (Å²) >= 11 is 6.06. The van der Waals surface area contributed by atoms with Crippen molar-refractivity contribution in [3.05, 3.63) is 34.9 Å². The molecule has 0 spiro atoms. The highest BCUT2D eigenvalue weighted by Gasteiger charge is 2.34. The highest BCUT2D eigenvalue weighted by atomic mass is 35.5. The number of benzene rings is 1. The first-order chi connectivity index (χ1) is 10.4. The fraction of sp³-hybridized carbons (Fsp3) is 0.611. The summed E-state index contributed by atoms with van der Waals surface area (Å²) in [6, 6.07) is 8.99. The molecule has 3 rings (SSSR count). The van der Waals surface area contributed by atoms with Crippen LogP contribution in [0.25, 0.3) is 0 Å². The van der Waals surface area contributed by atoms with E-state index in [4.69, 9.17) is 11.6 Å². The minimum Gasteiger partial charge on any atom is -0.347 e. The quantitative estimate of drug-likeness (QED) is 0.889. The van der Waals surface area contributed by atoms with Gasteiger partial charge in [-0.15, -0.1) is 0 Å². The van der Waals surface area contributed by atoms with Crippen LogP contribution in [-0.2, 0) is 10.3 Å². The van der Waals surface area contributed by atoms with E-state index in [2.05, 4.69) is 10.6 Å². The standard InChI is InChI=1S/C18H25ClN2O/c1-18(2,13-4-3-5-14(19)11-13)21-17(22)10-12-8-15-6-7-16(9-12)20-15/h3-5,11-12,15-16,20H,6-10H2,1-2H3,(H,21,22). The Balaban J connectivity index is 1.59. The van der Waals surface area contributed by atoms with Crippen LogP contribution in [0.5, 0.6) is 0 Å². The van der Waals surface area contributed by atoms with Crippen molar-refractivity contribution in [1.82, 2.24) is 10.6 Å². The number of hydrogen-bond donors (Lipinski definition) is 2. The molecule has 0 radical (unpaired) electrons. The van der Waals surface area contributed by atoms with Gasteiger partial charge in [0.1, 0.15) is 0 Å². The Bertz CT molecular complexity index is 546. The van der Waals surface area contributed by atoms with Crippen molar-refractivity contribution in [2.45, 2.75) is 63.6 Å². The first-order valence-corrected chi connectivity index (χ1v) is 8.63. The lowest BCUT2D eigenvalue weighted by Gasteiger charge is -2.31. The molecular weight excluding hydrogens is 296 g/mol. The normalized spacial score (nSPS) is 27.7. The van der Waals surface area contributed by atoms with Crippen molar-refractivity contribution in [2.24, 2.45) is 5.92 Å². The number of amides is 1. The van der Waals surface area contributed by atoms with Crippen LogP contribution in [0.1, 0.15) is 51.5 Å². The molecule has 1 aromatic carbocycles. The number of hydrogen-bond acceptors (Lipinski definition) is 2. The largest absolute Gasteiger partial charge is 0.347 e. The number of piperidine rings is 1.